The van der Waals surface area contributed by atoms with Gasteiger partial charge in [0.15, 0.2) is 0 Å². The molecule has 0 N–H and O–H groups in total. The Morgan fingerprint density at radius 1 is 0.488 bits per heavy atom. The number of unbranched alkanes of at least 4 members (excludes halogenated alkanes) is 4. The average Bonchev–Trinajstić information content (AvgIpc) is 3.33. The van der Waals surface area contributed by atoms with Crippen molar-refractivity contribution in [3.8, 4) is 0 Å². The number of amides is 4. The van der Waals surface area contributed by atoms with Gasteiger partial charge in [-0.3, -0.25) is 29.0 Å². The predicted octanol–water partition coefficient (Wildman–Crippen LogP) is 3.77. The quantitative estimate of drug-likeness (QED) is 0.123. The van der Waals surface area contributed by atoms with Crippen molar-refractivity contribution >= 4 is 23.6 Å². The maximum Gasteiger partial charge on any atom is 0.233 e. The third kappa shape index (κ3) is 7.95. The Bertz CT molecular complexity index is 900. The van der Waals surface area contributed by atoms with E-state index in [4.69, 9.17) is 0 Å². The first-order chi connectivity index (χ1) is 19.5. The second-order valence-corrected chi connectivity index (χ2v) is 14.2. The van der Waals surface area contributed by atoms with Crippen molar-refractivity contribution in [1.29, 1.82) is 0 Å². The number of hydrogen-bond acceptors (Lipinski definition) is 4. The molecule has 0 aromatic rings. The van der Waals surface area contributed by atoms with Gasteiger partial charge in [0.25, 0.3) is 0 Å². The van der Waals surface area contributed by atoms with Crippen LogP contribution in [0.5, 0.6) is 0 Å². The predicted molar refractivity (Wildman–Crippen MR) is 160 cm³/mol. The van der Waals surface area contributed by atoms with Crippen LogP contribution in [-0.4, -0.2) is 110 Å². The van der Waals surface area contributed by atoms with Crippen LogP contribution < -0.4 is 0 Å². The molecule has 2 fully saturated rings. The SMILES string of the molecule is C[N+](C)(CCCCCCC[N+](C)(C)CCCN1C(=O)[C@H]2CC=CC[C@H]2C1=O)CCCN1C(=O)[C@H]2CC=CC[C@H]2C1=O. The molecule has 2 aliphatic heterocycles. The molecule has 4 amide bonds. The Balaban J connectivity index is 1.03. The molecule has 4 rings (SSSR count). The van der Waals surface area contributed by atoms with E-state index in [9.17, 15) is 19.2 Å². The second kappa shape index (κ2) is 13.8. The lowest BCUT2D eigenvalue weighted by atomic mass is 9.85. The summed E-state index contributed by atoms with van der Waals surface area (Å²) in [6, 6.07) is 0. The minimum Gasteiger partial charge on any atom is -0.328 e. The van der Waals surface area contributed by atoms with Crippen LogP contribution in [-0.2, 0) is 19.2 Å². The third-order valence-electron chi connectivity index (χ3n) is 10.0. The van der Waals surface area contributed by atoms with E-state index < -0.39 is 0 Å². The van der Waals surface area contributed by atoms with Gasteiger partial charge in [-0.1, -0.05) is 30.7 Å². The van der Waals surface area contributed by atoms with Gasteiger partial charge in [-0.15, -0.1) is 0 Å². The van der Waals surface area contributed by atoms with Crippen LogP contribution in [0.15, 0.2) is 24.3 Å². The number of carbonyl (C=O) groups is 4. The molecule has 4 atom stereocenters. The summed E-state index contributed by atoms with van der Waals surface area (Å²) < 4.78 is 1.85. The van der Waals surface area contributed by atoms with Crippen molar-refractivity contribution in [2.24, 2.45) is 23.7 Å². The van der Waals surface area contributed by atoms with Crippen molar-refractivity contribution in [1.82, 2.24) is 9.80 Å². The van der Waals surface area contributed by atoms with E-state index in [1.807, 2.05) is 24.3 Å². The van der Waals surface area contributed by atoms with Crippen LogP contribution in [0.25, 0.3) is 0 Å². The van der Waals surface area contributed by atoms with Gasteiger partial charge < -0.3 is 8.97 Å². The van der Waals surface area contributed by atoms with Crippen molar-refractivity contribution in [2.75, 3.05) is 67.5 Å². The minimum atomic E-state index is -0.118. The Morgan fingerprint density at radius 3 is 1.07 bits per heavy atom. The summed E-state index contributed by atoms with van der Waals surface area (Å²) in [5.41, 5.74) is 0. The molecule has 4 aliphatic rings. The highest BCUT2D eigenvalue weighted by atomic mass is 16.2. The minimum absolute atomic E-state index is 0.0449. The van der Waals surface area contributed by atoms with Crippen LogP contribution >= 0.6 is 0 Å². The zero-order chi connectivity index (χ0) is 29.6. The molecule has 0 radical (unpaired) electrons. The molecule has 0 unspecified atom stereocenters. The maximum absolute atomic E-state index is 12.7. The van der Waals surface area contributed by atoms with Gasteiger partial charge in [0.1, 0.15) is 0 Å². The van der Waals surface area contributed by atoms with E-state index >= 15 is 0 Å². The lowest BCUT2D eigenvalue weighted by molar-refractivity contribution is -0.890. The van der Waals surface area contributed by atoms with E-state index in [0.29, 0.717) is 38.8 Å². The molecule has 0 aromatic heterocycles. The standard InChI is InChI=1S/C33H54N4O4/c1-36(2,24-14-20-34-30(38)26-16-8-9-17-27(26)31(34)39)22-12-6-5-7-13-23-37(3,4)25-15-21-35-32(40)28-18-10-11-19-29(28)33(35)41/h8-11,26-29H,5-7,12-25H2,1-4H3/q+2/t26-,27+,28-,29+. The van der Waals surface area contributed by atoms with Gasteiger partial charge in [0.05, 0.1) is 78.0 Å². The van der Waals surface area contributed by atoms with Crippen molar-refractivity contribution in [3.63, 3.8) is 0 Å². The number of allylic oxidation sites excluding steroid dienone is 4. The molecular weight excluding hydrogens is 516 g/mol. The molecule has 0 aromatic carbocycles. The van der Waals surface area contributed by atoms with E-state index in [1.165, 1.54) is 41.9 Å². The average molecular weight is 571 g/mol. The third-order valence-corrected chi connectivity index (χ3v) is 10.0. The Kier molecular flexibility index (Phi) is 10.6. The van der Waals surface area contributed by atoms with Crippen molar-refractivity contribution < 1.29 is 28.1 Å². The molecule has 0 bridgehead atoms. The van der Waals surface area contributed by atoms with Gasteiger partial charge in [-0.25, -0.2) is 0 Å². The normalized spacial score (nSPS) is 26.3. The summed E-state index contributed by atoms with van der Waals surface area (Å²) in [5.74, 6) is -0.291. The zero-order valence-corrected chi connectivity index (χ0v) is 26.1. The first kappa shape index (κ1) is 31.6. The fourth-order valence-corrected chi connectivity index (χ4v) is 7.33. The molecular formula is C33H54N4O4+2. The van der Waals surface area contributed by atoms with Crippen LogP contribution in [0.1, 0.15) is 70.6 Å². The summed E-state index contributed by atoms with van der Waals surface area (Å²) in [4.78, 5) is 53.8. The summed E-state index contributed by atoms with van der Waals surface area (Å²) in [7, 11) is 9.02. The van der Waals surface area contributed by atoms with Gasteiger partial charge in [-0.05, 0) is 51.4 Å². The first-order valence-corrected chi connectivity index (χ1v) is 16.2. The molecule has 0 saturated carbocycles. The van der Waals surface area contributed by atoms with E-state index in [2.05, 4.69) is 28.2 Å². The lowest BCUT2D eigenvalue weighted by Gasteiger charge is -2.31. The summed E-state index contributed by atoms with van der Waals surface area (Å²) in [6.07, 6.45) is 18.8. The number of nitrogens with zero attached hydrogens (tertiary/aromatic N) is 4. The highest BCUT2D eigenvalue weighted by molar-refractivity contribution is 6.06. The number of fused-ring (bicyclic) bond motifs is 2. The molecule has 8 nitrogen and oxygen atoms in total. The summed E-state index contributed by atoms with van der Waals surface area (Å²) in [5, 5.41) is 0. The van der Waals surface area contributed by atoms with Crippen molar-refractivity contribution in [3.05, 3.63) is 24.3 Å². The molecule has 8 heteroatoms. The van der Waals surface area contributed by atoms with Gasteiger partial charge in [0.2, 0.25) is 23.6 Å². The summed E-state index contributed by atoms with van der Waals surface area (Å²) in [6.45, 7) is 5.30. The Labute approximate surface area is 247 Å². The molecule has 41 heavy (non-hydrogen) atoms. The molecule has 2 aliphatic carbocycles. The highest BCUT2D eigenvalue weighted by Crippen LogP contribution is 2.36. The topological polar surface area (TPSA) is 74.8 Å². The van der Waals surface area contributed by atoms with Gasteiger partial charge in [-0.2, -0.15) is 0 Å². The number of hydrogen-bond donors (Lipinski definition) is 0. The number of carbonyl (C=O) groups excluding carboxylic acids is 4. The highest BCUT2D eigenvalue weighted by Gasteiger charge is 2.48. The number of imide groups is 2. The van der Waals surface area contributed by atoms with E-state index in [-0.39, 0.29) is 47.3 Å². The Morgan fingerprint density at radius 2 is 0.756 bits per heavy atom. The first-order valence-electron chi connectivity index (χ1n) is 16.2. The maximum atomic E-state index is 12.7. The van der Waals surface area contributed by atoms with Crippen LogP contribution in [0.3, 0.4) is 0 Å². The number of quaternary nitrogens is 2. The second-order valence-electron chi connectivity index (χ2n) is 14.2. The fourth-order valence-electron chi connectivity index (χ4n) is 7.33. The Hall–Kier alpha value is -2.32. The lowest BCUT2D eigenvalue weighted by Crippen LogP contribution is -2.43. The molecule has 0 spiro atoms. The molecule has 228 valence electrons. The van der Waals surface area contributed by atoms with E-state index in [0.717, 1.165) is 48.0 Å². The van der Waals surface area contributed by atoms with Gasteiger partial charge >= 0.3 is 0 Å². The molecule has 2 saturated heterocycles. The van der Waals surface area contributed by atoms with E-state index in [1.54, 1.807) is 0 Å². The van der Waals surface area contributed by atoms with Crippen LogP contribution in [0.4, 0.5) is 0 Å². The molecule has 2 heterocycles. The summed E-state index contributed by atoms with van der Waals surface area (Å²) >= 11 is 0. The van der Waals surface area contributed by atoms with Gasteiger partial charge in [0, 0.05) is 25.9 Å². The number of likely N-dealkylation sites (tertiary alicyclic amines) is 2. The monoisotopic (exact) mass is 570 g/mol. The van der Waals surface area contributed by atoms with Crippen molar-refractivity contribution in [2.45, 2.75) is 70.6 Å². The smallest absolute Gasteiger partial charge is 0.233 e. The largest absolute Gasteiger partial charge is 0.328 e. The van der Waals surface area contributed by atoms with Crippen LogP contribution in [0, 0.1) is 23.7 Å². The zero-order valence-electron chi connectivity index (χ0n) is 26.1. The number of rotatable bonds is 16. The van der Waals surface area contributed by atoms with Crippen LogP contribution in [0.2, 0.25) is 0 Å². The fraction of sp³-hybridized carbons (Fsp3) is 0.758.